The van der Waals surface area contributed by atoms with E-state index in [1.165, 1.54) is 0 Å². The van der Waals surface area contributed by atoms with E-state index in [-0.39, 0.29) is 25.1 Å². The summed E-state index contributed by atoms with van der Waals surface area (Å²) >= 11 is 0. The first-order valence-electron chi connectivity index (χ1n) is 9.23. The minimum absolute atomic E-state index is 0.197. The number of halogens is 2. The van der Waals surface area contributed by atoms with Gasteiger partial charge < -0.3 is 15.4 Å². The van der Waals surface area contributed by atoms with Gasteiger partial charge in [-0.15, -0.1) is 0 Å². The van der Waals surface area contributed by atoms with Gasteiger partial charge in [-0.2, -0.15) is 0 Å². The average molecular weight is 401 g/mol. The fraction of sp³-hybridized carbons (Fsp3) is 0.286. The van der Waals surface area contributed by atoms with E-state index in [2.05, 4.69) is 15.6 Å². The quantitative estimate of drug-likeness (QED) is 0.698. The van der Waals surface area contributed by atoms with Crippen molar-refractivity contribution in [2.24, 2.45) is 4.99 Å². The molecule has 1 amide bonds. The van der Waals surface area contributed by atoms with Gasteiger partial charge in [-0.1, -0.05) is 30.3 Å². The monoisotopic (exact) mass is 401 g/mol. The van der Waals surface area contributed by atoms with E-state index in [1.807, 2.05) is 30.3 Å². The van der Waals surface area contributed by atoms with E-state index < -0.39 is 35.6 Å². The third-order valence-corrected chi connectivity index (χ3v) is 4.34. The summed E-state index contributed by atoms with van der Waals surface area (Å²) in [6, 6.07) is 10.8. The highest BCUT2D eigenvalue weighted by atomic mass is 19.1. The number of carbonyl (C=O) groups is 2. The van der Waals surface area contributed by atoms with E-state index in [1.54, 1.807) is 6.92 Å². The molecular weight excluding hydrogens is 380 g/mol. The first-order valence-corrected chi connectivity index (χ1v) is 9.23. The Morgan fingerprint density at radius 1 is 1.21 bits per heavy atom. The number of nitrogens with one attached hydrogen (secondary N) is 2. The maximum Gasteiger partial charge on any atom is 0.330 e. The zero-order valence-corrected chi connectivity index (χ0v) is 15.8. The van der Waals surface area contributed by atoms with Crippen LogP contribution in [-0.4, -0.2) is 36.9 Å². The van der Waals surface area contributed by atoms with Crippen molar-refractivity contribution in [1.82, 2.24) is 10.6 Å². The number of benzene rings is 2. The number of rotatable bonds is 7. The lowest BCUT2D eigenvalue weighted by Crippen LogP contribution is -2.44. The molecule has 0 spiro atoms. The number of hydrogen-bond acceptors (Lipinski definition) is 5. The summed E-state index contributed by atoms with van der Waals surface area (Å²) in [5, 5.41) is 5.83. The number of ether oxygens (including phenoxy) is 1. The van der Waals surface area contributed by atoms with Gasteiger partial charge in [0.1, 0.15) is 29.6 Å². The molecule has 2 aromatic carbocycles. The minimum atomic E-state index is -0.744. The van der Waals surface area contributed by atoms with E-state index >= 15 is 0 Å². The van der Waals surface area contributed by atoms with Crippen molar-refractivity contribution in [3.63, 3.8) is 0 Å². The third kappa shape index (κ3) is 5.37. The maximum atomic E-state index is 13.4. The molecule has 0 fully saturated rings. The summed E-state index contributed by atoms with van der Waals surface area (Å²) in [5.41, 5.74) is 0.972. The van der Waals surface area contributed by atoms with Crippen LogP contribution in [-0.2, 0) is 20.7 Å². The van der Waals surface area contributed by atoms with E-state index in [0.29, 0.717) is 5.84 Å². The summed E-state index contributed by atoms with van der Waals surface area (Å²) < 4.78 is 31.8. The normalized spacial score (nSPS) is 16.5. The molecule has 0 bridgehead atoms. The predicted molar refractivity (Wildman–Crippen MR) is 103 cm³/mol. The van der Waals surface area contributed by atoms with Gasteiger partial charge in [-0.3, -0.25) is 9.79 Å². The highest BCUT2D eigenvalue weighted by Gasteiger charge is 2.31. The van der Waals surface area contributed by atoms with Crippen molar-refractivity contribution >= 4 is 17.7 Å². The molecule has 2 aromatic rings. The Morgan fingerprint density at radius 3 is 2.55 bits per heavy atom. The number of nitrogens with zero attached hydrogens (tertiary/aromatic N) is 1. The molecule has 2 unspecified atom stereocenters. The molecule has 8 heteroatoms. The number of amides is 1. The molecule has 2 atom stereocenters. The Morgan fingerprint density at radius 2 is 1.90 bits per heavy atom. The first-order chi connectivity index (χ1) is 14.0. The maximum absolute atomic E-state index is 13.4. The van der Waals surface area contributed by atoms with Crippen LogP contribution in [0.3, 0.4) is 0 Å². The summed E-state index contributed by atoms with van der Waals surface area (Å²) in [7, 11) is 0. The molecule has 152 valence electrons. The Labute approximate surface area is 167 Å². The average Bonchev–Trinajstić information content (AvgIpc) is 3.16. The lowest BCUT2D eigenvalue weighted by atomic mass is 10.0. The molecule has 0 aromatic heterocycles. The molecule has 29 heavy (non-hydrogen) atoms. The topological polar surface area (TPSA) is 79.8 Å². The zero-order valence-electron chi connectivity index (χ0n) is 15.8. The molecular formula is C21H21F2N3O3. The molecule has 6 nitrogen and oxygen atoms in total. The Hall–Kier alpha value is -3.29. The van der Waals surface area contributed by atoms with Crippen LogP contribution in [0.1, 0.15) is 24.1 Å². The Kier molecular flexibility index (Phi) is 6.54. The molecule has 1 aliphatic heterocycles. The smallest absolute Gasteiger partial charge is 0.330 e. The lowest BCUT2D eigenvalue weighted by molar-refractivity contribution is -0.144. The predicted octanol–water partition coefficient (Wildman–Crippen LogP) is 2.30. The highest BCUT2D eigenvalue weighted by molar-refractivity contribution is 5.97. The fourth-order valence-corrected chi connectivity index (χ4v) is 3.08. The van der Waals surface area contributed by atoms with Crippen molar-refractivity contribution < 1.29 is 23.1 Å². The van der Waals surface area contributed by atoms with Crippen molar-refractivity contribution in [1.29, 1.82) is 0 Å². The van der Waals surface area contributed by atoms with Crippen LogP contribution < -0.4 is 10.6 Å². The second kappa shape index (κ2) is 9.27. The van der Waals surface area contributed by atoms with Crippen LogP contribution in [0.15, 0.2) is 53.5 Å². The van der Waals surface area contributed by atoms with Crippen molar-refractivity contribution in [3.05, 3.63) is 71.3 Å². The fourth-order valence-electron chi connectivity index (χ4n) is 3.08. The number of esters is 1. The van der Waals surface area contributed by atoms with E-state index in [0.717, 1.165) is 23.8 Å². The Balaban J connectivity index is 1.75. The first kappa shape index (κ1) is 20.4. The van der Waals surface area contributed by atoms with Gasteiger partial charge in [0, 0.05) is 6.07 Å². The SMILES string of the molecule is CCOC(=O)C1CN=C(C(NC(=O)Cc2cc(F)cc(F)c2)c2ccccc2)N1. The lowest BCUT2D eigenvalue weighted by Gasteiger charge is -2.21. The molecule has 0 aliphatic carbocycles. The van der Waals surface area contributed by atoms with E-state index in [9.17, 15) is 18.4 Å². The van der Waals surface area contributed by atoms with Crippen LogP contribution in [0.5, 0.6) is 0 Å². The minimum Gasteiger partial charge on any atom is -0.464 e. The summed E-state index contributed by atoms with van der Waals surface area (Å²) in [5.74, 6) is -1.92. The summed E-state index contributed by atoms with van der Waals surface area (Å²) in [4.78, 5) is 28.9. The molecule has 0 radical (unpaired) electrons. The van der Waals surface area contributed by atoms with Crippen LogP contribution in [0.2, 0.25) is 0 Å². The van der Waals surface area contributed by atoms with Gasteiger partial charge in [0.25, 0.3) is 0 Å². The molecule has 3 rings (SSSR count). The van der Waals surface area contributed by atoms with Gasteiger partial charge in [-0.05, 0) is 30.2 Å². The largest absolute Gasteiger partial charge is 0.464 e. The van der Waals surface area contributed by atoms with E-state index in [4.69, 9.17) is 4.74 Å². The van der Waals surface area contributed by atoms with Crippen molar-refractivity contribution in [2.75, 3.05) is 13.2 Å². The molecule has 1 aliphatic rings. The summed E-state index contributed by atoms with van der Waals surface area (Å²) in [6.45, 7) is 2.18. The second-order valence-corrected chi connectivity index (χ2v) is 6.54. The second-order valence-electron chi connectivity index (χ2n) is 6.54. The summed E-state index contributed by atoms with van der Waals surface area (Å²) in [6.07, 6.45) is -0.202. The number of amidine groups is 1. The van der Waals surface area contributed by atoms with Gasteiger partial charge >= 0.3 is 5.97 Å². The Bertz CT molecular complexity index is 898. The zero-order chi connectivity index (χ0) is 20.8. The van der Waals surface area contributed by atoms with Gasteiger partial charge in [-0.25, -0.2) is 13.6 Å². The van der Waals surface area contributed by atoms with Gasteiger partial charge in [0.2, 0.25) is 5.91 Å². The number of aliphatic imine (C=N–C) groups is 1. The van der Waals surface area contributed by atoms with Crippen molar-refractivity contribution in [3.8, 4) is 0 Å². The van der Waals surface area contributed by atoms with Gasteiger partial charge in [0.05, 0.1) is 19.6 Å². The third-order valence-electron chi connectivity index (χ3n) is 4.34. The number of hydrogen-bond donors (Lipinski definition) is 2. The standard InChI is InChI=1S/C21H21F2N3O3/c1-2-29-21(28)17-12-24-20(25-17)19(14-6-4-3-5-7-14)26-18(27)10-13-8-15(22)11-16(23)9-13/h3-9,11,17,19H,2,10,12H2,1H3,(H,24,25)(H,26,27). The number of carbonyl (C=O) groups excluding carboxylic acids is 2. The highest BCUT2D eigenvalue weighted by Crippen LogP contribution is 2.18. The molecule has 2 N–H and O–H groups in total. The molecule has 1 heterocycles. The molecule has 0 saturated heterocycles. The van der Waals surface area contributed by atoms with Crippen LogP contribution >= 0.6 is 0 Å². The van der Waals surface area contributed by atoms with Crippen molar-refractivity contribution in [2.45, 2.75) is 25.4 Å². The van der Waals surface area contributed by atoms with Crippen LogP contribution in [0.25, 0.3) is 0 Å². The molecule has 0 saturated carbocycles. The van der Waals surface area contributed by atoms with Crippen LogP contribution in [0.4, 0.5) is 8.78 Å². The van der Waals surface area contributed by atoms with Gasteiger partial charge in [0.15, 0.2) is 0 Å². The van der Waals surface area contributed by atoms with Crippen LogP contribution in [0, 0.1) is 11.6 Å².